The summed E-state index contributed by atoms with van der Waals surface area (Å²) in [6.45, 7) is 0.174. The highest BCUT2D eigenvalue weighted by molar-refractivity contribution is 5.67. The molecular weight excluding hydrogens is 230 g/mol. The van der Waals surface area contributed by atoms with Crippen molar-refractivity contribution in [1.29, 1.82) is 0 Å². The van der Waals surface area contributed by atoms with Crippen LogP contribution in [0.1, 0.15) is 0 Å². The molecule has 0 atom stereocenters. The van der Waals surface area contributed by atoms with Gasteiger partial charge in [0.25, 0.3) is 5.69 Å². The Morgan fingerprint density at radius 1 is 1.35 bits per heavy atom. The van der Waals surface area contributed by atoms with E-state index in [0.29, 0.717) is 0 Å². The van der Waals surface area contributed by atoms with Gasteiger partial charge in [-0.1, -0.05) is 0 Å². The lowest BCUT2D eigenvalue weighted by Crippen LogP contribution is -2.02. The number of nitro benzene ring substituents is 2. The number of benzene rings is 1. The standard InChI is InChI=1S/C8H9N5O4/c9-3-4-10-11-7-2-1-6(12(14)15)5-8(7)13(16)17/h1-2,4-5,11H,3,9H2/b10-4+. The zero-order valence-corrected chi connectivity index (χ0v) is 8.57. The fourth-order valence-corrected chi connectivity index (χ4v) is 1.05. The van der Waals surface area contributed by atoms with Crippen LogP contribution in [0, 0.1) is 20.2 Å². The predicted octanol–water partition coefficient (Wildman–Crippen LogP) is 0.859. The lowest BCUT2D eigenvalue weighted by molar-refractivity contribution is -0.393. The number of hydrazone groups is 1. The van der Waals surface area contributed by atoms with E-state index in [-0.39, 0.29) is 17.9 Å². The van der Waals surface area contributed by atoms with Gasteiger partial charge in [0.15, 0.2) is 0 Å². The minimum atomic E-state index is -0.729. The number of hydrogen-bond donors (Lipinski definition) is 2. The van der Waals surface area contributed by atoms with Gasteiger partial charge in [0, 0.05) is 18.8 Å². The summed E-state index contributed by atoms with van der Waals surface area (Å²) in [5, 5.41) is 24.8. The molecule has 0 aromatic heterocycles. The highest BCUT2D eigenvalue weighted by Crippen LogP contribution is 2.28. The lowest BCUT2D eigenvalue weighted by Gasteiger charge is -2.01. The van der Waals surface area contributed by atoms with Gasteiger partial charge in [-0.25, -0.2) is 0 Å². The van der Waals surface area contributed by atoms with Crippen molar-refractivity contribution >= 4 is 23.3 Å². The van der Waals surface area contributed by atoms with E-state index in [1.165, 1.54) is 12.3 Å². The normalized spacial score (nSPS) is 10.4. The van der Waals surface area contributed by atoms with Crippen LogP contribution in [0.2, 0.25) is 0 Å². The summed E-state index contributed by atoms with van der Waals surface area (Å²) in [6, 6.07) is 3.22. The monoisotopic (exact) mass is 239 g/mol. The van der Waals surface area contributed by atoms with Gasteiger partial charge in [-0.2, -0.15) is 5.10 Å². The maximum atomic E-state index is 10.7. The number of nitro groups is 2. The minimum absolute atomic E-state index is 0.0605. The molecule has 1 rings (SSSR count). The summed E-state index contributed by atoms with van der Waals surface area (Å²) in [5.41, 5.74) is 6.81. The average molecular weight is 239 g/mol. The number of anilines is 1. The van der Waals surface area contributed by atoms with Crippen LogP contribution in [-0.2, 0) is 0 Å². The second-order valence-corrected chi connectivity index (χ2v) is 2.87. The molecule has 1 aromatic rings. The van der Waals surface area contributed by atoms with Crippen molar-refractivity contribution in [3.05, 3.63) is 38.4 Å². The molecule has 0 radical (unpaired) electrons. The largest absolute Gasteiger partial charge is 0.326 e. The first-order chi connectivity index (χ1) is 8.06. The first-order valence-electron chi connectivity index (χ1n) is 4.46. The first-order valence-corrected chi connectivity index (χ1v) is 4.46. The van der Waals surface area contributed by atoms with Crippen molar-refractivity contribution in [2.24, 2.45) is 10.8 Å². The van der Waals surface area contributed by atoms with E-state index in [4.69, 9.17) is 5.73 Å². The number of rotatable bonds is 5. The average Bonchev–Trinajstić information content (AvgIpc) is 2.29. The van der Waals surface area contributed by atoms with Crippen LogP contribution < -0.4 is 11.2 Å². The third kappa shape index (κ3) is 3.21. The summed E-state index contributed by atoms with van der Waals surface area (Å²) in [5.74, 6) is 0. The molecule has 0 aliphatic heterocycles. The van der Waals surface area contributed by atoms with Gasteiger partial charge in [0.1, 0.15) is 5.69 Å². The molecule has 0 aliphatic rings. The van der Waals surface area contributed by atoms with E-state index in [9.17, 15) is 20.2 Å². The highest BCUT2D eigenvalue weighted by Gasteiger charge is 2.18. The summed E-state index contributed by atoms with van der Waals surface area (Å²) < 4.78 is 0. The Bertz CT molecular complexity index is 473. The number of hydrogen-bond acceptors (Lipinski definition) is 7. The molecule has 0 spiro atoms. The van der Waals surface area contributed by atoms with Crippen molar-refractivity contribution < 1.29 is 9.85 Å². The van der Waals surface area contributed by atoms with E-state index in [1.807, 2.05) is 0 Å². The summed E-state index contributed by atoms with van der Waals surface area (Å²) >= 11 is 0. The Labute approximate surface area is 95.2 Å². The number of nitrogens with two attached hydrogens (primary N) is 1. The van der Waals surface area contributed by atoms with Crippen LogP contribution >= 0.6 is 0 Å². The van der Waals surface area contributed by atoms with Gasteiger partial charge in [-0.05, 0) is 6.07 Å². The third-order valence-corrected chi connectivity index (χ3v) is 1.77. The molecule has 9 heteroatoms. The van der Waals surface area contributed by atoms with Crippen LogP contribution in [0.15, 0.2) is 23.3 Å². The van der Waals surface area contributed by atoms with E-state index in [2.05, 4.69) is 10.5 Å². The molecule has 0 bridgehead atoms. The minimum Gasteiger partial charge on any atom is -0.326 e. The van der Waals surface area contributed by atoms with Crippen molar-refractivity contribution in [3.8, 4) is 0 Å². The zero-order chi connectivity index (χ0) is 12.8. The van der Waals surface area contributed by atoms with Crippen LogP contribution in [-0.4, -0.2) is 22.6 Å². The fraction of sp³-hybridized carbons (Fsp3) is 0.125. The Balaban J connectivity index is 3.08. The Morgan fingerprint density at radius 2 is 2.06 bits per heavy atom. The van der Waals surface area contributed by atoms with E-state index in [1.54, 1.807) is 0 Å². The Kier molecular flexibility index (Phi) is 4.06. The van der Waals surface area contributed by atoms with Crippen molar-refractivity contribution in [3.63, 3.8) is 0 Å². The first kappa shape index (κ1) is 12.5. The predicted molar refractivity (Wildman–Crippen MR) is 60.9 cm³/mol. The molecule has 0 saturated carbocycles. The Morgan fingerprint density at radius 3 is 2.59 bits per heavy atom. The zero-order valence-electron chi connectivity index (χ0n) is 8.57. The molecule has 9 nitrogen and oxygen atoms in total. The van der Waals surface area contributed by atoms with Crippen LogP contribution in [0.5, 0.6) is 0 Å². The molecule has 3 N–H and O–H groups in total. The second-order valence-electron chi connectivity index (χ2n) is 2.87. The number of nitrogens with zero attached hydrogens (tertiary/aromatic N) is 3. The van der Waals surface area contributed by atoms with Crippen molar-refractivity contribution in [1.82, 2.24) is 0 Å². The quantitative estimate of drug-likeness (QED) is 0.444. The second kappa shape index (κ2) is 5.51. The van der Waals surface area contributed by atoms with E-state index >= 15 is 0 Å². The third-order valence-electron chi connectivity index (χ3n) is 1.77. The fourth-order valence-electron chi connectivity index (χ4n) is 1.05. The van der Waals surface area contributed by atoms with Crippen molar-refractivity contribution in [2.75, 3.05) is 12.0 Å². The molecule has 17 heavy (non-hydrogen) atoms. The smallest absolute Gasteiger partial charge is 0.301 e. The highest BCUT2D eigenvalue weighted by atomic mass is 16.6. The molecule has 90 valence electrons. The van der Waals surface area contributed by atoms with Crippen LogP contribution in [0.25, 0.3) is 0 Å². The molecule has 0 fully saturated rings. The van der Waals surface area contributed by atoms with Gasteiger partial charge in [0.05, 0.1) is 15.9 Å². The summed E-state index contributed by atoms with van der Waals surface area (Å²) in [6.07, 6.45) is 1.31. The topological polar surface area (TPSA) is 137 Å². The molecule has 0 heterocycles. The van der Waals surface area contributed by atoms with E-state index < -0.39 is 15.5 Å². The van der Waals surface area contributed by atoms with Gasteiger partial charge >= 0.3 is 5.69 Å². The number of nitrogens with one attached hydrogen (secondary N) is 1. The molecule has 1 aromatic carbocycles. The maximum Gasteiger partial charge on any atom is 0.301 e. The summed E-state index contributed by atoms with van der Waals surface area (Å²) in [4.78, 5) is 19.7. The molecule has 0 aliphatic carbocycles. The van der Waals surface area contributed by atoms with Gasteiger partial charge < -0.3 is 5.73 Å². The van der Waals surface area contributed by atoms with Gasteiger partial charge in [-0.15, -0.1) is 0 Å². The van der Waals surface area contributed by atoms with Crippen molar-refractivity contribution in [2.45, 2.75) is 0 Å². The molecular formula is C8H9N5O4. The van der Waals surface area contributed by atoms with Gasteiger partial charge in [-0.3, -0.25) is 25.7 Å². The SMILES string of the molecule is NC/C=N/Nc1ccc([N+](=O)[O-])cc1[N+](=O)[O-]. The van der Waals surface area contributed by atoms with Crippen LogP contribution in [0.3, 0.4) is 0 Å². The van der Waals surface area contributed by atoms with Gasteiger partial charge in [0.2, 0.25) is 0 Å². The van der Waals surface area contributed by atoms with Crippen LogP contribution in [0.4, 0.5) is 17.1 Å². The number of non-ortho nitro benzene ring substituents is 1. The lowest BCUT2D eigenvalue weighted by atomic mass is 10.2. The molecule has 0 unspecified atom stereocenters. The molecule has 0 amide bonds. The Hall–Kier alpha value is -2.55. The van der Waals surface area contributed by atoms with E-state index in [0.717, 1.165) is 12.1 Å². The molecule has 0 saturated heterocycles. The summed E-state index contributed by atoms with van der Waals surface area (Å²) in [7, 11) is 0. The maximum absolute atomic E-state index is 10.7.